The van der Waals surface area contributed by atoms with Crippen molar-refractivity contribution in [1.82, 2.24) is 20.0 Å². The molecule has 1 saturated heterocycles. The average Bonchev–Trinajstić information content (AvgIpc) is 2.52. The molecule has 0 radical (unpaired) electrons. The van der Waals surface area contributed by atoms with Crippen LogP contribution in [0.1, 0.15) is 12.8 Å². The van der Waals surface area contributed by atoms with E-state index >= 15 is 0 Å². The molecule has 0 aromatic carbocycles. The van der Waals surface area contributed by atoms with Gasteiger partial charge >= 0.3 is 0 Å². The molecule has 3 amide bonds. The first-order valence-corrected chi connectivity index (χ1v) is 9.09. The van der Waals surface area contributed by atoms with Gasteiger partial charge in [-0.05, 0) is 39.0 Å². The van der Waals surface area contributed by atoms with Gasteiger partial charge in [-0.2, -0.15) is 0 Å². The minimum atomic E-state index is -0.384. The van der Waals surface area contributed by atoms with Gasteiger partial charge in [0.1, 0.15) is 0 Å². The van der Waals surface area contributed by atoms with Crippen LogP contribution in [0.3, 0.4) is 0 Å². The largest absolute Gasteiger partial charge is 0.369 e. The molecule has 0 unspecified atom stereocenters. The molecule has 0 bridgehead atoms. The fourth-order valence-corrected chi connectivity index (χ4v) is 3.06. The van der Waals surface area contributed by atoms with Crippen molar-refractivity contribution in [2.75, 3.05) is 72.0 Å². The molecule has 0 aromatic heterocycles. The van der Waals surface area contributed by atoms with Crippen molar-refractivity contribution in [3.05, 3.63) is 0 Å². The van der Waals surface area contributed by atoms with E-state index in [-0.39, 0.29) is 37.4 Å². The van der Waals surface area contributed by atoms with Crippen LogP contribution in [0.15, 0.2) is 0 Å². The van der Waals surface area contributed by atoms with Crippen molar-refractivity contribution < 1.29 is 14.4 Å². The lowest BCUT2D eigenvalue weighted by atomic mass is 10.3. The van der Waals surface area contributed by atoms with Crippen LogP contribution in [0, 0.1) is 0 Å². The predicted octanol–water partition coefficient (Wildman–Crippen LogP) is -3.27. The summed E-state index contributed by atoms with van der Waals surface area (Å²) in [6.45, 7) is 6.29. The quantitative estimate of drug-likeness (QED) is 0.382. The summed E-state index contributed by atoms with van der Waals surface area (Å²) in [4.78, 5) is 39.8. The molecule has 0 atom stereocenters. The molecule has 10 heteroatoms. The van der Waals surface area contributed by atoms with Crippen LogP contribution in [-0.4, -0.2) is 104 Å². The topological polar surface area (TPSA) is 151 Å². The van der Waals surface area contributed by atoms with Gasteiger partial charge in [-0.1, -0.05) is 0 Å². The second kappa shape index (κ2) is 12.6. The van der Waals surface area contributed by atoms with Crippen molar-refractivity contribution in [3.8, 4) is 0 Å². The summed E-state index contributed by atoms with van der Waals surface area (Å²) in [6.07, 6.45) is 1.66. The van der Waals surface area contributed by atoms with E-state index in [4.69, 9.17) is 17.2 Å². The molecule has 0 aromatic rings. The van der Waals surface area contributed by atoms with Gasteiger partial charge in [-0.3, -0.25) is 29.1 Å². The van der Waals surface area contributed by atoms with Crippen LogP contribution in [0.2, 0.25) is 0 Å². The Kier molecular flexibility index (Phi) is 10.8. The highest BCUT2D eigenvalue weighted by molar-refractivity contribution is 5.76. The van der Waals surface area contributed by atoms with Gasteiger partial charge in [-0.25, -0.2) is 0 Å². The molecule has 10 nitrogen and oxygen atoms in total. The van der Waals surface area contributed by atoms with E-state index in [1.54, 1.807) is 0 Å². The van der Waals surface area contributed by atoms with E-state index < -0.39 is 0 Å². The molecule has 0 aliphatic carbocycles. The highest BCUT2D eigenvalue weighted by Gasteiger charge is 2.15. The van der Waals surface area contributed by atoms with Crippen LogP contribution < -0.4 is 22.5 Å². The fraction of sp³-hybridized carbons (Fsp3) is 0.812. The molecule has 1 aliphatic heterocycles. The number of nitrogens with zero attached hydrogens (tertiary/aromatic N) is 3. The molecular weight excluding hydrogens is 338 g/mol. The third-order valence-electron chi connectivity index (χ3n) is 4.25. The first kappa shape index (κ1) is 22.3. The third kappa shape index (κ3) is 11.0. The molecular formula is C16H33N7O3. The standard InChI is InChI=1S/C16H33N7O3/c17-14(24)11-21-6-2-7-23(13-16(19)26)10-9-22(12-15(18)25)5-1-3-20-4-8-21/h20H,1-13H2,(H2,17,24)(H2,18,25)(H2,19,26). The Balaban J connectivity index is 2.67. The van der Waals surface area contributed by atoms with Crippen molar-refractivity contribution >= 4 is 17.7 Å². The zero-order valence-electron chi connectivity index (χ0n) is 15.5. The van der Waals surface area contributed by atoms with Crippen LogP contribution in [0.25, 0.3) is 0 Å². The van der Waals surface area contributed by atoms with Gasteiger partial charge in [-0.15, -0.1) is 0 Å². The Labute approximate surface area is 155 Å². The number of primary amides is 3. The molecule has 0 saturated carbocycles. The van der Waals surface area contributed by atoms with E-state index in [1.807, 2.05) is 14.7 Å². The molecule has 1 fully saturated rings. The summed E-state index contributed by atoms with van der Waals surface area (Å²) >= 11 is 0. The number of hydrogen-bond donors (Lipinski definition) is 4. The van der Waals surface area contributed by atoms with E-state index in [1.165, 1.54) is 0 Å². The summed E-state index contributed by atoms with van der Waals surface area (Å²) in [5.41, 5.74) is 16.0. The first-order valence-electron chi connectivity index (χ1n) is 9.09. The average molecular weight is 371 g/mol. The van der Waals surface area contributed by atoms with Crippen LogP contribution in [0.4, 0.5) is 0 Å². The fourth-order valence-electron chi connectivity index (χ4n) is 3.06. The summed E-state index contributed by atoms with van der Waals surface area (Å²) < 4.78 is 0. The molecule has 1 rings (SSSR count). The van der Waals surface area contributed by atoms with Crippen molar-refractivity contribution in [2.24, 2.45) is 17.2 Å². The summed E-state index contributed by atoms with van der Waals surface area (Å²) in [6, 6.07) is 0. The number of hydrogen-bond acceptors (Lipinski definition) is 7. The zero-order valence-corrected chi connectivity index (χ0v) is 15.5. The van der Waals surface area contributed by atoms with Crippen molar-refractivity contribution in [2.45, 2.75) is 12.8 Å². The smallest absolute Gasteiger partial charge is 0.231 e. The van der Waals surface area contributed by atoms with Gasteiger partial charge in [0.15, 0.2) is 0 Å². The number of carbonyl (C=O) groups excluding carboxylic acids is 3. The highest BCUT2D eigenvalue weighted by Crippen LogP contribution is 1.99. The molecule has 26 heavy (non-hydrogen) atoms. The molecule has 7 N–H and O–H groups in total. The highest BCUT2D eigenvalue weighted by atomic mass is 16.2. The number of carbonyl (C=O) groups is 3. The van der Waals surface area contributed by atoms with E-state index in [9.17, 15) is 14.4 Å². The Morgan fingerprint density at radius 3 is 1.50 bits per heavy atom. The maximum atomic E-state index is 11.3. The number of nitrogens with one attached hydrogen (secondary N) is 1. The van der Waals surface area contributed by atoms with Crippen LogP contribution in [0.5, 0.6) is 0 Å². The normalized spacial score (nSPS) is 20.3. The lowest BCUT2D eigenvalue weighted by molar-refractivity contribution is -0.120. The Morgan fingerprint density at radius 2 is 1.04 bits per heavy atom. The molecule has 1 heterocycles. The lowest BCUT2D eigenvalue weighted by Gasteiger charge is -2.28. The first-order chi connectivity index (χ1) is 12.4. The van der Waals surface area contributed by atoms with Gasteiger partial charge in [0.25, 0.3) is 0 Å². The van der Waals surface area contributed by atoms with Gasteiger partial charge in [0.05, 0.1) is 19.6 Å². The summed E-state index contributed by atoms with van der Waals surface area (Å²) in [7, 11) is 0. The second-order valence-electron chi connectivity index (χ2n) is 6.68. The third-order valence-corrected chi connectivity index (χ3v) is 4.25. The number of nitrogens with two attached hydrogens (primary N) is 3. The molecule has 150 valence electrons. The van der Waals surface area contributed by atoms with Gasteiger partial charge in [0.2, 0.25) is 17.7 Å². The number of amides is 3. The van der Waals surface area contributed by atoms with Crippen molar-refractivity contribution in [3.63, 3.8) is 0 Å². The van der Waals surface area contributed by atoms with Crippen LogP contribution >= 0.6 is 0 Å². The SMILES string of the molecule is NC(=O)CN1CCCN(CC(N)=O)CCN(CC(N)=O)CCCNCC1. The van der Waals surface area contributed by atoms with E-state index in [0.29, 0.717) is 26.2 Å². The summed E-state index contributed by atoms with van der Waals surface area (Å²) in [5, 5.41) is 3.34. The minimum absolute atomic E-state index is 0.168. The Morgan fingerprint density at radius 1 is 0.615 bits per heavy atom. The molecule has 1 aliphatic rings. The van der Waals surface area contributed by atoms with Crippen LogP contribution in [-0.2, 0) is 14.4 Å². The Bertz CT molecular complexity index is 461. The lowest BCUT2D eigenvalue weighted by Crippen LogP contribution is -2.45. The zero-order chi connectivity index (χ0) is 19.4. The van der Waals surface area contributed by atoms with E-state index in [2.05, 4.69) is 5.32 Å². The van der Waals surface area contributed by atoms with Crippen molar-refractivity contribution in [1.29, 1.82) is 0 Å². The molecule has 0 spiro atoms. The maximum Gasteiger partial charge on any atom is 0.231 e. The minimum Gasteiger partial charge on any atom is -0.369 e. The predicted molar refractivity (Wildman–Crippen MR) is 99.0 cm³/mol. The monoisotopic (exact) mass is 371 g/mol. The van der Waals surface area contributed by atoms with E-state index in [0.717, 1.165) is 39.0 Å². The second-order valence-corrected chi connectivity index (χ2v) is 6.68. The number of rotatable bonds is 6. The van der Waals surface area contributed by atoms with Gasteiger partial charge < -0.3 is 22.5 Å². The maximum absolute atomic E-state index is 11.3. The van der Waals surface area contributed by atoms with Gasteiger partial charge in [0, 0.05) is 26.2 Å². The summed E-state index contributed by atoms with van der Waals surface area (Å²) in [5.74, 6) is -1.09. The Hall–Kier alpha value is -1.75.